The highest BCUT2D eigenvalue weighted by Gasteiger charge is 2.25. The van der Waals surface area contributed by atoms with Crippen LogP contribution < -0.4 is 5.32 Å². The highest BCUT2D eigenvalue weighted by molar-refractivity contribution is 5.73. The molecule has 0 radical (unpaired) electrons. The van der Waals surface area contributed by atoms with Gasteiger partial charge in [0.25, 0.3) is 0 Å². The van der Waals surface area contributed by atoms with Gasteiger partial charge in [0.05, 0.1) is 0 Å². The summed E-state index contributed by atoms with van der Waals surface area (Å²) in [5.41, 5.74) is -0.458. The smallest absolute Gasteiger partial charge is 0.410 e. The molecule has 0 spiro atoms. The number of ether oxygens (including phenoxy) is 1. The van der Waals surface area contributed by atoms with Gasteiger partial charge in [-0.1, -0.05) is 0 Å². The molecule has 0 aliphatic carbocycles. The molecule has 0 aromatic heterocycles. The van der Waals surface area contributed by atoms with E-state index in [9.17, 15) is 9.59 Å². The average molecular weight is 256 g/mol. The standard InChI is InChI=1S/C13H24N2O3/c1-10(16)14-11-6-5-8-15(9-7-11)12(17)18-13(2,3)4/h11H,5-9H2,1-4H3,(H,14,16). The number of hydrogen-bond donors (Lipinski definition) is 1. The molecule has 104 valence electrons. The number of nitrogens with one attached hydrogen (secondary N) is 1. The monoisotopic (exact) mass is 256 g/mol. The lowest BCUT2D eigenvalue weighted by Crippen LogP contribution is -2.38. The van der Waals surface area contributed by atoms with Gasteiger partial charge in [-0.25, -0.2) is 4.79 Å². The second-order valence-electron chi connectivity index (χ2n) is 5.80. The van der Waals surface area contributed by atoms with Gasteiger partial charge in [-0.15, -0.1) is 0 Å². The molecule has 0 bridgehead atoms. The third-order valence-electron chi connectivity index (χ3n) is 2.79. The zero-order valence-electron chi connectivity index (χ0n) is 11.8. The van der Waals surface area contributed by atoms with Crippen molar-refractivity contribution in [3.05, 3.63) is 0 Å². The minimum Gasteiger partial charge on any atom is -0.444 e. The summed E-state index contributed by atoms with van der Waals surface area (Å²) in [5, 5.41) is 2.91. The van der Waals surface area contributed by atoms with Gasteiger partial charge in [-0.05, 0) is 40.0 Å². The highest BCUT2D eigenvalue weighted by Crippen LogP contribution is 2.15. The number of carbonyl (C=O) groups is 2. The molecule has 0 aromatic rings. The molecule has 0 aromatic carbocycles. The van der Waals surface area contributed by atoms with E-state index < -0.39 is 5.60 Å². The molecule has 1 heterocycles. The van der Waals surface area contributed by atoms with Crippen LogP contribution in [0.3, 0.4) is 0 Å². The fourth-order valence-corrected chi connectivity index (χ4v) is 2.04. The second kappa shape index (κ2) is 6.07. The van der Waals surface area contributed by atoms with E-state index in [1.54, 1.807) is 4.90 Å². The molecule has 0 saturated carbocycles. The molecular weight excluding hydrogens is 232 g/mol. The van der Waals surface area contributed by atoms with E-state index in [1.165, 1.54) is 6.92 Å². The average Bonchev–Trinajstić information content (AvgIpc) is 2.39. The van der Waals surface area contributed by atoms with E-state index >= 15 is 0 Å². The minimum atomic E-state index is -0.458. The molecule has 1 rings (SSSR count). The van der Waals surface area contributed by atoms with E-state index in [2.05, 4.69) is 5.32 Å². The van der Waals surface area contributed by atoms with Crippen LogP contribution in [0.5, 0.6) is 0 Å². The SMILES string of the molecule is CC(=O)NC1CCCN(C(=O)OC(C)(C)C)CC1. The quantitative estimate of drug-likeness (QED) is 0.779. The minimum absolute atomic E-state index is 0.00859. The molecule has 1 atom stereocenters. The fraction of sp³-hybridized carbons (Fsp3) is 0.846. The fourth-order valence-electron chi connectivity index (χ4n) is 2.04. The Labute approximate surface area is 109 Å². The predicted molar refractivity (Wildman–Crippen MR) is 69.3 cm³/mol. The Morgan fingerprint density at radius 3 is 2.44 bits per heavy atom. The van der Waals surface area contributed by atoms with Crippen LogP contribution in [0.25, 0.3) is 0 Å². The maximum Gasteiger partial charge on any atom is 0.410 e. The summed E-state index contributed by atoms with van der Waals surface area (Å²) in [6, 6.07) is 0.176. The van der Waals surface area contributed by atoms with Crippen LogP contribution in [0.4, 0.5) is 4.79 Å². The van der Waals surface area contributed by atoms with Gasteiger partial charge in [0.15, 0.2) is 0 Å². The van der Waals surface area contributed by atoms with Crippen LogP contribution in [0.15, 0.2) is 0 Å². The number of amides is 2. The van der Waals surface area contributed by atoms with Gasteiger partial charge in [0, 0.05) is 26.1 Å². The first-order valence-electron chi connectivity index (χ1n) is 6.53. The Bertz CT molecular complexity index is 310. The van der Waals surface area contributed by atoms with E-state index in [4.69, 9.17) is 4.74 Å². The molecule has 2 amide bonds. The van der Waals surface area contributed by atoms with E-state index in [0.29, 0.717) is 13.1 Å². The van der Waals surface area contributed by atoms with E-state index in [1.807, 2.05) is 20.8 Å². The second-order valence-corrected chi connectivity index (χ2v) is 5.80. The number of nitrogens with zero attached hydrogens (tertiary/aromatic N) is 1. The van der Waals surface area contributed by atoms with Gasteiger partial charge in [0.1, 0.15) is 5.60 Å². The number of likely N-dealkylation sites (tertiary alicyclic amines) is 1. The van der Waals surface area contributed by atoms with Crippen molar-refractivity contribution in [3.8, 4) is 0 Å². The lowest BCUT2D eigenvalue weighted by Gasteiger charge is -2.26. The number of carbonyl (C=O) groups excluding carboxylic acids is 2. The lowest BCUT2D eigenvalue weighted by molar-refractivity contribution is -0.119. The van der Waals surface area contributed by atoms with Gasteiger partial charge in [-0.3, -0.25) is 4.79 Å². The molecule has 1 unspecified atom stereocenters. The third-order valence-corrected chi connectivity index (χ3v) is 2.79. The summed E-state index contributed by atoms with van der Waals surface area (Å²) in [5.74, 6) is -0.00859. The van der Waals surface area contributed by atoms with Crippen LogP contribution in [0, 0.1) is 0 Å². The van der Waals surface area contributed by atoms with Crippen LogP contribution >= 0.6 is 0 Å². The molecular formula is C13H24N2O3. The Morgan fingerprint density at radius 1 is 1.22 bits per heavy atom. The normalized spacial score (nSPS) is 21.1. The largest absolute Gasteiger partial charge is 0.444 e. The zero-order chi connectivity index (χ0) is 13.8. The Balaban J connectivity index is 2.46. The molecule has 1 aliphatic rings. The van der Waals surface area contributed by atoms with Crippen molar-refractivity contribution in [2.75, 3.05) is 13.1 Å². The van der Waals surface area contributed by atoms with Crippen LogP contribution in [-0.2, 0) is 9.53 Å². The Morgan fingerprint density at radius 2 is 1.89 bits per heavy atom. The molecule has 18 heavy (non-hydrogen) atoms. The van der Waals surface area contributed by atoms with Gasteiger partial charge in [0.2, 0.25) is 5.91 Å². The van der Waals surface area contributed by atoms with E-state index in [0.717, 1.165) is 19.3 Å². The Kier molecular flexibility index (Phi) is 4.99. The first-order chi connectivity index (χ1) is 8.28. The summed E-state index contributed by atoms with van der Waals surface area (Å²) in [6.45, 7) is 8.45. The summed E-state index contributed by atoms with van der Waals surface area (Å²) in [7, 11) is 0. The highest BCUT2D eigenvalue weighted by atomic mass is 16.6. The van der Waals surface area contributed by atoms with Gasteiger partial charge < -0.3 is 15.0 Å². The molecule has 5 nitrogen and oxygen atoms in total. The van der Waals surface area contributed by atoms with Crippen LogP contribution in [0.1, 0.15) is 47.0 Å². The van der Waals surface area contributed by atoms with Crippen molar-refractivity contribution >= 4 is 12.0 Å². The van der Waals surface area contributed by atoms with E-state index in [-0.39, 0.29) is 18.0 Å². The topological polar surface area (TPSA) is 58.6 Å². The summed E-state index contributed by atoms with van der Waals surface area (Å²) in [6.07, 6.45) is 2.34. The van der Waals surface area contributed by atoms with Gasteiger partial charge >= 0.3 is 6.09 Å². The predicted octanol–water partition coefficient (Wildman–Crippen LogP) is 1.91. The summed E-state index contributed by atoms with van der Waals surface area (Å²) < 4.78 is 5.35. The maximum atomic E-state index is 11.9. The van der Waals surface area contributed by atoms with Crippen LogP contribution in [0.2, 0.25) is 0 Å². The zero-order valence-corrected chi connectivity index (χ0v) is 11.8. The summed E-state index contributed by atoms with van der Waals surface area (Å²) in [4.78, 5) is 24.7. The maximum absolute atomic E-state index is 11.9. The number of rotatable bonds is 1. The van der Waals surface area contributed by atoms with Crippen molar-refractivity contribution < 1.29 is 14.3 Å². The molecule has 1 saturated heterocycles. The van der Waals surface area contributed by atoms with Crippen molar-refractivity contribution in [1.29, 1.82) is 0 Å². The molecule has 1 aliphatic heterocycles. The van der Waals surface area contributed by atoms with Crippen molar-refractivity contribution in [2.45, 2.75) is 58.6 Å². The summed E-state index contributed by atoms with van der Waals surface area (Å²) >= 11 is 0. The third kappa shape index (κ3) is 5.38. The Hall–Kier alpha value is -1.26. The van der Waals surface area contributed by atoms with Gasteiger partial charge in [-0.2, -0.15) is 0 Å². The molecule has 1 N–H and O–H groups in total. The van der Waals surface area contributed by atoms with Crippen molar-refractivity contribution in [1.82, 2.24) is 10.2 Å². The van der Waals surface area contributed by atoms with Crippen molar-refractivity contribution in [2.24, 2.45) is 0 Å². The van der Waals surface area contributed by atoms with Crippen molar-refractivity contribution in [3.63, 3.8) is 0 Å². The van der Waals surface area contributed by atoms with Crippen LogP contribution in [-0.4, -0.2) is 41.6 Å². The molecule has 5 heteroatoms. The molecule has 1 fully saturated rings. The first kappa shape index (κ1) is 14.8. The number of hydrogen-bond acceptors (Lipinski definition) is 3. The first-order valence-corrected chi connectivity index (χ1v) is 6.53. The lowest BCUT2D eigenvalue weighted by atomic mass is 10.1.